The first kappa shape index (κ1) is 21.1. The number of aliphatic imine (C=N–C) groups is 1. The van der Waals surface area contributed by atoms with E-state index >= 15 is 0 Å². The Morgan fingerprint density at radius 2 is 2.29 bits per heavy atom. The molecule has 0 saturated carbocycles. The highest BCUT2D eigenvalue weighted by atomic mass is 35.5. The van der Waals surface area contributed by atoms with Crippen molar-refractivity contribution in [2.45, 2.75) is 10.3 Å². The molecule has 2 N–H and O–H groups in total. The molecule has 12 heteroatoms. The molecule has 0 bridgehead atoms. The topological polar surface area (TPSA) is 101 Å². The van der Waals surface area contributed by atoms with Crippen LogP contribution in [0.25, 0.3) is 0 Å². The van der Waals surface area contributed by atoms with Crippen molar-refractivity contribution in [3.05, 3.63) is 34.4 Å². The van der Waals surface area contributed by atoms with Crippen LogP contribution < -0.4 is 10.0 Å². The molecule has 1 unspecified atom stereocenters. The molecule has 2 aromatic heterocycles. The number of nitrogens with zero attached hydrogens (tertiary/aromatic N) is 4. The van der Waals surface area contributed by atoms with Crippen LogP contribution in [0, 0.1) is 0 Å². The number of aromatic nitrogens is 2. The van der Waals surface area contributed by atoms with Crippen LogP contribution in [0.1, 0.15) is 11.7 Å². The van der Waals surface area contributed by atoms with Gasteiger partial charge in [-0.1, -0.05) is 11.6 Å². The molecule has 2 aromatic rings. The van der Waals surface area contributed by atoms with Gasteiger partial charge in [-0.2, -0.15) is 5.10 Å². The molecule has 1 fully saturated rings. The first-order valence-electron chi connectivity index (χ1n) is 8.70. The fraction of sp³-hybridized carbons (Fsp3) is 0.500. The average molecular weight is 447 g/mol. The standard InChI is InChI=1S/C16H23ClN6O3S2/c1-18-16(19-5-6-21-28(24,25)15-4-3-14(17)27-15)23-7-8-26-13(11-23)12-9-20-22(2)10-12/h3-4,9-10,13,21H,5-8,11H2,1-2H3,(H,18,19). The van der Waals surface area contributed by atoms with Gasteiger partial charge < -0.3 is 15.0 Å². The Kier molecular flexibility index (Phi) is 6.94. The number of ether oxygens (including phenoxy) is 1. The molecule has 28 heavy (non-hydrogen) atoms. The fourth-order valence-corrected chi connectivity index (χ4v) is 5.41. The number of aryl methyl sites for hydroxylation is 1. The minimum absolute atomic E-state index is 0.0805. The first-order valence-corrected chi connectivity index (χ1v) is 11.4. The summed E-state index contributed by atoms with van der Waals surface area (Å²) >= 11 is 6.84. The summed E-state index contributed by atoms with van der Waals surface area (Å²) in [6.07, 6.45) is 3.66. The van der Waals surface area contributed by atoms with Crippen LogP contribution in [0.3, 0.4) is 0 Å². The van der Waals surface area contributed by atoms with E-state index in [1.54, 1.807) is 24.0 Å². The molecular formula is C16H23ClN6O3S2. The third kappa shape index (κ3) is 5.23. The van der Waals surface area contributed by atoms with Gasteiger partial charge in [-0.3, -0.25) is 9.67 Å². The van der Waals surface area contributed by atoms with Gasteiger partial charge in [0, 0.05) is 45.5 Å². The maximum atomic E-state index is 12.2. The van der Waals surface area contributed by atoms with Gasteiger partial charge in [-0.15, -0.1) is 11.3 Å². The first-order chi connectivity index (χ1) is 13.4. The van der Waals surface area contributed by atoms with Gasteiger partial charge >= 0.3 is 0 Å². The van der Waals surface area contributed by atoms with Gasteiger partial charge in [0.25, 0.3) is 0 Å². The Balaban J connectivity index is 1.50. The van der Waals surface area contributed by atoms with Crippen LogP contribution in [0.5, 0.6) is 0 Å². The van der Waals surface area contributed by atoms with E-state index < -0.39 is 10.0 Å². The summed E-state index contributed by atoms with van der Waals surface area (Å²) in [7, 11) is 0.0238. The predicted octanol–water partition coefficient (Wildman–Crippen LogP) is 1.06. The molecular weight excluding hydrogens is 424 g/mol. The molecule has 3 rings (SSSR count). The molecule has 1 aliphatic rings. The second-order valence-corrected chi connectivity index (χ2v) is 9.89. The van der Waals surface area contributed by atoms with Crippen LogP contribution in [0.4, 0.5) is 0 Å². The number of hydrogen-bond acceptors (Lipinski definition) is 6. The molecule has 0 amide bonds. The fourth-order valence-electron chi connectivity index (χ4n) is 2.85. The second-order valence-electron chi connectivity index (χ2n) is 6.18. The number of nitrogens with one attached hydrogen (secondary N) is 2. The molecule has 1 saturated heterocycles. The predicted molar refractivity (Wildman–Crippen MR) is 109 cm³/mol. The number of morpholine rings is 1. The van der Waals surface area contributed by atoms with E-state index in [0.29, 0.717) is 36.5 Å². The molecule has 1 atom stereocenters. The van der Waals surface area contributed by atoms with E-state index in [-0.39, 0.29) is 16.9 Å². The van der Waals surface area contributed by atoms with Crippen molar-refractivity contribution in [3.63, 3.8) is 0 Å². The lowest BCUT2D eigenvalue weighted by Crippen LogP contribution is -2.49. The van der Waals surface area contributed by atoms with Crippen molar-refractivity contribution in [1.82, 2.24) is 24.7 Å². The number of hydrogen-bond donors (Lipinski definition) is 2. The summed E-state index contributed by atoms with van der Waals surface area (Å²) in [6.45, 7) is 2.56. The Bertz CT molecular complexity index is 926. The monoisotopic (exact) mass is 446 g/mol. The normalized spacial score (nSPS) is 18.5. The minimum Gasteiger partial charge on any atom is -0.370 e. The van der Waals surface area contributed by atoms with E-state index in [4.69, 9.17) is 16.3 Å². The molecule has 0 aliphatic carbocycles. The largest absolute Gasteiger partial charge is 0.370 e. The van der Waals surface area contributed by atoms with Gasteiger partial charge in [0.05, 0.1) is 23.7 Å². The van der Waals surface area contributed by atoms with E-state index in [1.807, 2.05) is 13.2 Å². The van der Waals surface area contributed by atoms with Gasteiger partial charge in [0.15, 0.2) is 5.96 Å². The van der Waals surface area contributed by atoms with Gasteiger partial charge in [-0.05, 0) is 12.1 Å². The van der Waals surface area contributed by atoms with Crippen molar-refractivity contribution < 1.29 is 13.2 Å². The third-order valence-corrected chi connectivity index (χ3v) is 7.37. The zero-order valence-corrected chi connectivity index (χ0v) is 18.0. The Morgan fingerprint density at radius 3 is 2.93 bits per heavy atom. The molecule has 1 aliphatic heterocycles. The van der Waals surface area contributed by atoms with Crippen LogP contribution in [0.15, 0.2) is 33.7 Å². The zero-order chi connectivity index (χ0) is 20.1. The van der Waals surface area contributed by atoms with Crippen molar-refractivity contribution in [3.8, 4) is 0 Å². The van der Waals surface area contributed by atoms with Gasteiger partial charge in [-0.25, -0.2) is 13.1 Å². The maximum absolute atomic E-state index is 12.2. The Morgan fingerprint density at radius 1 is 1.46 bits per heavy atom. The van der Waals surface area contributed by atoms with E-state index in [9.17, 15) is 8.42 Å². The lowest BCUT2D eigenvalue weighted by molar-refractivity contribution is -0.00800. The summed E-state index contributed by atoms with van der Waals surface area (Å²) in [6, 6.07) is 3.06. The minimum atomic E-state index is -3.55. The number of rotatable bonds is 6. The van der Waals surface area contributed by atoms with Gasteiger partial charge in [0.2, 0.25) is 10.0 Å². The van der Waals surface area contributed by atoms with Crippen molar-refractivity contribution >= 4 is 38.9 Å². The van der Waals surface area contributed by atoms with Crippen LogP contribution >= 0.6 is 22.9 Å². The van der Waals surface area contributed by atoms with E-state index in [0.717, 1.165) is 16.9 Å². The SMILES string of the molecule is CN=C(NCCNS(=O)(=O)c1ccc(Cl)s1)N1CCOC(c2cnn(C)c2)C1. The molecule has 3 heterocycles. The highest BCUT2D eigenvalue weighted by Crippen LogP contribution is 2.25. The highest BCUT2D eigenvalue weighted by Gasteiger charge is 2.25. The highest BCUT2D eigenvalue weighted by molar-refractivity contribution is 7.91. The van der Waals surface area contributed by atoms with Crippen molar-refractivity contribution in [2.24, 2.45) is 12.0 Å². The lowest BCUT2D eigenvalue weighted by Gasteiger charge is -2.34. The average Bonchev–Trinajstić information content (AvgIpc) is 3.31. The van der Waals surface area contributed by atoms with Crippen molar-refractivity contribution in [1.29, 1.82) is 0 Å². The summed E-state index contributed by atoms with van der Waals surface area (Å²) in [5.41, 5.74) is 1.02. The van der Waals surface area contributed by atoms with Gasteiger partial charge in [0.1, 0.15) is 10.3 Å². The van der Waals surface area contributed by atoms with Crippen LogP contribution in [-0.4, -0.2) is 68.9 Å². The number of thiophene rings is 1. The van der Waals surface area contributed by atoms with Crippen molar-refractivity contribution in [2.75, 3.05) is 39.8 Å². The quantitative estimate of drug-likeness (QED) is 0.391. The second kappa shape index (κ2) is 9.23. The Hall–Kier alpha value is -1.66. The third-order valence-electron chi connectivity index (χ3n) is 4.19. The van der Waals surface area contributed by atoms with E-state index in [1.165, 1.54) is 6.07 Å². The number of sulfonamides is 1. The summed E-state index contributed by atoms with van der Waals surface area (Å²) in [5, 5.41) is 7.39. The smallest absolute Gasteiger partial charge is 0.250 e. The van der Waals surface area contributed by atoms with Crippen LogP contribution in [0.2, 0.25) is 4.34 Å². The zero-order valence-electron chi connectivity index (χ0n) is 15.6. The van der Waals surface area contributed by atoms with E-state index in [2.05, 4.69) is 25.0 Å². The maximum Gasteiger partial charge on any atom is 0.250 e. The Labute approximate surface area is 173 Å². The summed E-state index contributed by atoms with van der Waals surface area (Å²) in [4.78, 5) is 6.39. The lowest BCUT2D eigenvalue weighted by atomic mass is 10.1. The summed E-state index contributed by atoms with van der Waals surface area (Å²) in [5.74, 6) is 0.704. The molecule has 0 spiro atoms. The summed E-state index contributed by atoms with van der Waals surface area (Å²) < 4.78 is 35.2. The van der Waals surface area contributed by atoms with Crippen LogP contribution in [-0.2, 0) is 21.8 Å². The molecule has 154 valence electrons. The molecule has 0 aromatic carbocycles. The molecule has 0 radical (unpaired) electrons. The number of halogens is 1. The molecule has 9 nitrogen and oxygen atoms in total. The number of guanidine groups is 1.